The average Bonchev–Trinajstić information content (AvgIpc) is 2.76. The normalized spacial score (nSPS) is 11.1. The molecule has 0 aliphatic rings. The van der Waals surface area contributed by atoms with Gasteiger partial charge in [0.1, 0.15) is 0 Å². The second-order valence-electron chi connectivity index (χ2n) is 7.09. The van der Waals surface area contributed by atoms with E-state index >= 15 is 0 Å². The molecule has 2 rings (SSSR count). The summed E-state index contributed by atoms with van der Waals surface area (Å²) in [5, 5.41) is 11.3. The number of benzene rings is 2. The highest BCUT2D eigenvalue weighted by atomic mass is 32.2. The number of hydrogen-bond acceptors (Lipinski definition) is 7. The Bertz CT molecular complexity index is 1030. The molecule has 0 heterocycles. The number of carbonyl (C=O) groups excluding carboxylic acids is 1. The van der Waals surface area contributed by atoms with E-state index in [1.807, 2.05) is 20.8 Å². The van der Waals surface area contributed by atoms with E-state index in [1.54, 1.807) is 18.2 Å². The summed E-state index contributed by atoms with van der Waals surface area (Å²) in [6.45, 7) is 9.38. The molecular formula is C23H33N3O6S. The summed E-state index contributed by atoms with van der Waals surface area (Å²) in [4.78, 5) is 13.1. The number of nitrogens with two attached hydrogens (primary N) is 1. The lowest BCUT2D eigenvalue weighted by molar-refractivity contribution is 0.102. The number of hydrogen-bond donors (Lipinski definition) is 3. The molecule has 0 unspecified atom stereocenters. The predicted octanol–water partition coefficient (Wildman–Crippen LogP) is 3.99. The van der Waals surface area contributed by atoms with Gasteiger partial charge in [-0.2, -0.15) is 0 Å². The van der Waals surface area contributed by atoms with Gasteiger partial charge in [-0.05, 0) is 57.5 Å². The summed E-state index contributed by atoms with van der Waals surface area (Å²) >= 11 is 0. The molecule has 0 aliphatic heterocycles. The van der Waals surface area contributed by atoms with Gasteiger partial charge in [-0.3, -0.25) is 4.79 Å². The van der Waals surface area contributed by atoms with Crippen molar-refractivity contribution in [1.29, 1.82) is 0 Å². The number of unbranched alkanes of at least 4 members (excludes halogenated alkanes) is 1. The van der Waals surface area contributed by atoms with E-state index in [1.165, 1.54) is 12.1 Å². The fourth-order valence-corrected chi connectivity index (χ4v) is 3.61. The van der Waals surface area contributed by atoms with Crippen LogP contribution in [0.15, 0.2) is 35.2 Å². The van der Waals surface area contributed by atoms with Crippen molar-refractivity contribution in [2.45, 2.75) is 45.4 Å². The molecule has 0 saturated heterocycles. The van der Waals surface area contributed by atoms with Crippen LogP contribution in [-0.2, 0) is 10.0 Å². The van der Waals surface area contributed by atoms with Gasteiger partial charge in [-0.1, -0.05) is 13.3 Å². The number of ether oxygens (including phenoxy) is 3. The van der Waals surface area contributed by atoms with Gasteiger partial charge in [0.2, 0.25) is 15.8 Å². The number of anilines is 2. The molecule has 0 spiro atoms. The van der Waals surface area contributed by atoms with Crippen LogP contribution in [0, 0.1) is 0 Å². The van der Waals surface area contributed by atoms with Crippen LogP contribution in [0.3, 0.4) is 0 Å². The zero-order valence-electron chi connectivity index (χ0n) is 19.6. The van der Waals surface area contributed by atoms with E-state index in [2.05, 4.69) is 17.6 Å². The highest BCUT2D eigenvalue weighted by Crippen LogP contribution is 2.39. The lowest BCUT2D eigenvalue weighted by Crippen LogP contribution is -2.17. The van der Waals surface area contributed by atoms with Crippen LogP contribution in [0.1, 0.15) is 50.9 Å². The number of nitrogens with one attached hydrogen (secondary N) is 2. The van der Waals surface area contributed by atoms with Crippen LogP contribution in [0.4, 0.5) is 11.4 Å². The zero-order chi connectivity index (χ0) is 24.4. The third-order valence-electron chi connectivity index (χ3n) is 4.58. The molecule has 9 nitrogen and oxygen atoms in total. The Morgan fingerprint density at radius 2 is 1.52 bits per heavy atom. The Morgan fingerprint density at radius 1 is 0.909 bits per heavy atom. The molecule has 0 bridgehead atoms. The van der Waals surface area contributed by atoms with Crippen LogP contribution in [0.2, 0.25) is 0 Å². The summed E-state index contributed by atoms with van der Waals surface area (Å²) in [5.74, 6) is 0.728. The monoisotopic (exact) mass is 479 g/mol. The van der Waals surface area contributed by atoms with Gasteiger partial charge in [0, 0.05) is 12.1 Å². The van der Waals surface area contributed by atoms with Gasteiger partial charge in [0.25, 0.3) is 5.91 Å². The summed E-state index contributed by atoms with van der Waals surface area (Å²) in [5.41, 5.74) is 1.16. The Kier molecular flexibility index (Phi) is 9.80. The molecule has 0 aliphatic carbocycles. The first-order valence-electron chi connectivity index (χ1n) is 11.0. The highest BCUT2D eigenvalue weighted by molar-refractivity contribution is 7.89. The first-order valence-corrected chi connectivity index (χ1v) is 12.6. The van der Waals surface area contributed by atoms with Crippen molar-refractivity contribution in [3.05, 3.63) is 35.9 Å². The van der Waals surface area contributed by atoms with Gasteiger partial charge in [-0.25, -0.2) is 13.6 Å². The smallest absolute Gasteiger partial charge is 0.255 e. The van der Waals surface area contributed by atoms with Gasteiger partial charge in [-0.15, -0.1) is 0 Å². The molecule has 1 amide bonds. The summed E-state index contributed by atoms with van der Waals surface area (Å²) in [7, 11) is -3.94. The molecule has 33 heavy (non-hydrogen) atoms. The van der Waals surface area contributed by atoms with E-state index in [-0.39, 0.29) is 10.5 Å². The van der Waals surface area contributed by atoms with Gasteiger partial charge >= 0.3 is 0 Å². The second-order valence-corrected chi connectivity index (χ2v) is 8.65. The number of carbonyl (C=O) groups is 1. The topological polar surface area (TPSA) is 129 Å². The van der Waals surface area contributed by atoms with Crippen molar-refractivity contribution in [3.63, 3.8) is 0 Å². The fourth-order valence-electron chi connectivity index (χ4n) is 3.07. The van der Waals surface area contributed by atoms with Crippen molar-refractivity contribution in [2.75, 3.05) is 37.0 Å². The molecule has 10 heteroatoms. The molecule has 0 atom stereocenters. The maximum Gasteiger partial charge on any atom is 0.255 e. The molecule has 0 radical (unpaired) electrons. The fraction of sp³-hybridized carbons (Fsp3) is 0.435. The van der Waals surface area contributed by atoms with Crippen molar-refractivity contribution >= 4 is 27.3 Å². The summed E-state index contributed by atoms with van der Waals surface area (Å²) < 4.78 is 40.7. The molecular weight excluding hydrogens is 446 g/mol. The van der Waals surface area contributed by atoms with E-state index in [0.29, 0.717) is 55.0 Å². The Morgan fingerprint density at radius 3 is 2.03 bits per heavy atom. The first-order chi connectivity index (χ1) is 15.7. The first kappa shape index (κ1) is 26.3. The number of rotatable bonds is 13. The predicted molar refractivity (Wildman–Crippen MR) is 129 cm³/mol. The lowest BCUT2D eigenvalue weighted by atomic mass is 10.1. The van der Waals surface area contributed by atoms with Crippen molar-refractivity contribution < 1.29 is 27.4 Å². The van der Waals surface area contributed by atoms with Gasteiger partial charge in [0.15, 0.2) is 11.5 Å². The molecule has 0 fully saturated rings. The Labute approximate surface area is 195 Å². The maximum absolute atomic E-state index is 13.2. The molecule has 182 valence electrons. The van der Waals surface area contributed by atoms with Crippen molar-refractivity contribution in [1.82, 2.24) is 0 Å². The standard InChI is InChI=1S/C23H33N3O6S/c1-5-9-12-25-18-11-10-17(33(24,28)29)15-19(18)26-23(27)16-13-20(30-6-2)22(32-8-4)21(14-16)31-7-3/h10-11,13-15,25H,5-9,12H2,1-4H3,(H,26,27)(H2,24,28,29). The van der Waals surface area contributed by atoms with E-state index in [0.717, 1.165) is 12.8 Å². The van der Waals surface area contributed by atoms with Crippen molar-refractivity contribution in [3.8, 4) is 17.2 Å². The molecule has 4 N–H and O–H groups in total. The van der Waals surface area contributed by atoms with Gasteiger partial charge in [0.05, 0.1) is 36.1 Å². The van der Waals surface area contributed by atoms with Crippen LogP contribution >= 0.6 is 0 Å². The van der Waals surface area contributed by atoms with E-state index in [9.17, 15) is 13.2 Å². The van der Waals surface area contributed by atoms with Crippen LogP contribution < -0.4 is 30.0 Å². The third-order valence-corrected chi connectivity index (χ3v) is 5.50. The molecule has 2 aromatic rings. The average molecular weight is 480 g/mol. The lowest BCUT2D eigenvalue weighted by Gasteiger charge is -2.18. The molecule has 0 aromatic heterocycles. The molecule has 2 aromatic carbocycles. The number of sulfonamides is 1. The minimum absolute atomic E-state index is 0.101. The summed E-state index contributed by atoms with van der Waals surface area (Å²) in [6, 6.07) is 7.46. The van der Waals surface area contributed by atoms with Crippen molar-refractivity contribution in [2.24, 2.45) is 5.14 Å². The Balaban J connectivity index is 2.46. The highest BCUT2D eigenvalue weighted by Gasteiger charge is 2.20. The maximum atomic E-state index is 13.2. The third kappa shape index (κ3) is 7.26. The van der Waals surface area contributed by atoms with Gasteiger partial charge < -0.3 is 24.8 Å². The van der Waals surface area contributed by atoms with Crippen LogP contribution in [0.5, 0.6) is 17.2 Å². The Hall–Kier alpha value is -2.98. The number of amides is 1. The largest absolute Gasteiger partial charge is 0.490 e. The van der Waals surface area contributed by atoms with E-state index in [4.69, 9.17) is 19.3 Å². The quantitative estimate of drug-likeness (QED) is 0.370. The number of primary sulfonamides is 1. The second kappa shape index (κ2) is 12.3. The zero-order valence-corrected chi connectivity index (χ0v) is 20.4. The SMILES string of the molecule is CCCCNc1ccc(S(N)(=O)=O)cc1NC(=O)c1cc(OCC)c(OCC)c(OCC)c1. The minimum Gasteiger partial charge on any atom is -0.490 e. The minimum atomic E-state index is -3.94. The van der Waals surface area contributed by atoms with E-state index < -0.39 is 15.9 Å². The van der Waals surface area contributed by atoms with Crippen LogP contribution in [0.25, 0.3) is 0 Å². The van der Waals surface area contributed by atoms with Crippen LogP contribution in [-0.4, -0.2) is 40.7 Å². The summed E-state index contributed by atoms with van der Waals surface area (Å²) in [6.07, 6.45) is 1.90. The molecule has 0 saturated carbocycles.